The van der Waals surface area contributed by atoms with Crippen LogP contribution in [-0.4, -0.2) is 6.61 Å². The first-order valence-corrected chi connectivity index (χ1v) is 5.77. The van der Waals surface area contributed by atoms with Crippen LogP contribution >= 0.6 is 27.3 Å². The van der Waals surface area contributed by atoms with E-state index in [1.165, 1.54) is 0 Å². The maximum absolute atomic E-state index is 6.03. The Bertz CT molecular complexity index is 334. The second-order valence-corrected chi connectivity index (χ2v) is 4.66. The number of nitrogens with two attached hydrogens (primary N) is 1. The van der Waals surface area contributed by atoms with E-state index in [2.05, 4.69) is 22.0 Å². The van der Waals surface area contributed by atoms with Gasteiger partial charge in [-0.25, -0.2) is 0 Å². The monoisotopic (exact) mass is 259 g/mol. The van der Waals surface area contributed by atoms with Gasteiger partial charge in [0.25, 0.3) is 0 Å². The molecular weight excluding hydrogens is 250 g/mol. The van der Waals surface area contributed by atoms with E-state index in [1.807, 2.05) is 11.4 Å². The lowest BCUT2D eigenvalue weighted by Crippen LogP contribution is -2.12. The molecule has 70 valence electrons. The van der Waals surface area contributed by atoms with Crippen LogP contribution in [0.1, 0.15) is 17.3 Å². The van der Waals surface area contributed by atoms with Crippen molar-refractivity contribution in [3.05, 3.63) is 32.6 Å². The van der Waals surface area contributed by atoms with Crippen LogP contribution in [0.4, 0.5) is 0 Å². The van der Waals surface area contributed by atoms with Crippen molar-refractivity contribution in [3.8, 4) is 0 Å². The predicted octanol–water partition coefficient (Wildman–Crippen LogP) is 2.81. The SMILES string of the molecule is NC(C1=CCCO1)c1sccc1Br. The first-order chi connectivity index (χ1) is 6.29. The summed E-state index contributed by atoms with van der Waals surface area (Å²) < 4.78 is 6.49. The Balaban J connectivity index is 2.21. The van der Waals surface area contributed by atoms with E-state index in [0.29, 0.717) is 0 Å². The van der Waals surface area contributed by atoms with Crippen molar-refractivity contribution < 1.29 is 4.74 Å². The average molecular weight is 260 g/mol. The lowest BCUT2D eigenvalue weighted by atomic mass is 10.2. The summed E-state index contributed by atoms with van der Waals surface area (Å²) in [5.74, 6) is 0.906. The quantitative estimate of drug-likeness (QED) is 0.887. The van der Waals surface area contributed by atoms with E-state index in [0.717, 1.165) is 28.1 Å². The molecule has 1 aliphatic rings. The van der Waals surface area contributed by atoms with Crippen molar-refractivity contribution in [3.63, 3.8) is 0 Å². The normalized spacial score (nSPS) is 18.2. The van der Waals surface area contributed by atoms with Crippen LogP contribution in [-0.2, 0) is 4.74 Å². The molecular formula is C9H10BrNOS. The molecule has 2 rings (SSSR count). The summed E-state index contributed by atoms with van der Waals surface area (Å²) in [6.07, 6.45) is 3.04. The molecule has 0 saturated carbocycles. The van der Waals surface area contributed by atoms with E-state index in [-0.39, 0.29) is 6.04 Å². The highest BCUT2D eigenvalue weighted by Crippen LogP contribution is 2.33. The number of ether oxygens (including phenoxy) is 1. The van der Waals surface area contributed by atoms with Crippen LogP contribution in [0.15, 0.2) is 27.8 Å². The van der Waals surface area contributed by atoms with Crippen LogP contribution in [0.3, 0.4) is 0 Å². The molecule has 2 heterocycles. The second-order valence-electron chi connectivity index (χ2n) is 2.85. The van der Waals surface area contributed by atoms with E-state index in [4.69, 9.17) is 10.5 Å². The van der Waals surface area contributed by atoms with Gasteiger partial charge in [-0.3, -0.25) is 0 Å². The number of hydrogen-bond donors (Lipinski definition) is 1. The molecule has 1 unspecified atom stereocenters. The van der Waals surface area contributed by atoms with Crippen molar-refractivity contribution >= 4 is 27.3 Å². The van der Waals surface area contributed by atoms with E-state index >= 15 is 0 Å². The Morgan fingerprint density at radius 3 is 3.00 bits per heavy atom. The van der Waals surface area contributed by atoms with Gasteiger partial charge in [0.15, 0.2) is 0 Å². The van der Waals surface area contributed by atoms with Gasteiger partial charge in [0, 0.05) is 15.8 Å². The number of rotatable bonds is 2. The first kappa shape index (κ1) is 9.24. The molecule has 0 radical (unpaired) electrons. The molecule has 13 heavy (non-hydrogen) atoms. The summed E-state index contributed by atoms with van der Waals surface area (Å²) in [6, 6.07) is 1.91. The van der Waals surface area contributed by atoms with E-state index in [9.17, 15) is 0 Å². The molecule has 2 nitrogen and oxygen atoms in total. The van der Waals surface area contributed by atoms with Gasteiger partial charge in [0.05, 0.1) is 12.6 Å². The Morgan fingerprint density at radius 1 is 1.62 bits per heavy atom. The Kier molecular flexibility index (Phi) is 2.71. The van der Waals surface area contributed by atoms with Crippen LogP contribution in [0.5, 0.6) is 0 Å². The van der Waals surface area contributed by atoms with Gasteiger partial charge in [0.2, 0.25) is 0 Å². The fourth-order valence-corrected chi connectivity index (χ4v) is 2.94. The Morgan fingerprint density at radius 2 is 2.46 bits per heavy atom. The molecule has 4 heteroatoms. The maximum Gasteiger partial charge on any atom is 0.114 e. The molecule has 0 spiro atoms. The van der Waals surface area contributed by atoms with Crippen LogP contribution in [0.25, 0.3) is 0 Å². The number of hydrogen-bond acceptors (Lipinski definition) is 3. The van der Waals surface area contributed by atoms with E-state index < -0.39 is 0 Å². The predicted molar refractivity (Wildman–Crippen MR) is 57.6 cm³/mol. The van der Waals surface area contributed by atoms with Gasteiger partial charge in [0.1, 0.15) is 5.76 Å². The average Bonchev–Trinajstić information content (AvgIpc) is 2.72. The third-order valence-corrected chi connectivity index (χ3v) is 3.92. The van der Waals surface area contributed by atoms with Crippen LogP contribution in [0.2, 0.25) is 0 Å². The standard InChI is InChI=1S/C9H10BrNOS/c10-6-3-5-13-9(6)8(11)7-2-1-4-12-7/h2-3,5,8H,1,4,11H2. The van der Waals surface area contributed by atoms with Gasteiger partial charge >= 0.3 is 0 Å². The summed E-state index contributed by atoms with van der Waals surface area (Å²) >= 11 is 5.11. The van der Waals surface area contributed by atoms with Crippen LogP contribution < -0.4 is 5.73 Å². The lowest BCUT2D eigenvalue weighted by Gasteiger charge is -2.11. The minimum Gasteiger partial charge on any atom is -0.496 e. The maximum atomic E-state index is 6.03. The molecule has 0 bridgehead atoms. The number of halogens is 1. The van der Waals surface area contributed by atoms with Crippen molar-refractivity contribution in [1.29, 1.82) is 0 Å². The van der Waals surface area contributed by atoms with Crippen molar-refractivity contribution in [2.45, 2.75) is 12.5 Å². The second kappa shape index (κ2) is 3.82. The summed E-state index contributed by atoms with van der Waals surface area (Å²) in [6.45, 7) is 0.770. The number of thiophene rings is 1. The highest BCUT2D eigenvalue weighted by molar-refractivity contribution is 9.10. The molecule has 0 saturated heterocycles. The Hall–Kier alpha value is -0.320. The molecule has 0 aromatic carbocycles. The molecule has 1 atom stereocenters. The summed E-state index contributed by atoms with van der Waals surface area (Å²) in [5, 5.41) is 2.02. The van der Waals surface area contributed by atoms with Gasteiger partial charge < -0.3 is 10.5 Å². The van der Waals surface area contributed by atoms with Gasteiger partial charge in [-0.05, 0) is 33.5 Å². The highest BCUT2D eigenvalue weighted by Gasteiger charge is 2.19. The van der Waals surface area contributed by atoms with Gasteiger partial charge in [-0.2, -0.15) is 0 Å². The third kappa shape index (κ3) is 1.80. The summed E-state index contributed by atoms with van der Waals surface area (Å²) in [5.41, 5.74) is 6.03. The molecule has 0 fully saturated rings. The van der Waals surface area contributed by atoms with Crippen molar-refractivity contribution in [1.82, 2.24) is 0 Å². The van der Waals surface area contributed by atoms with Crippen molar-refractivity contribution in [2.24, 2.45) is 5.73 Å². The van der Waals surface area contributed by atoms with E-state index in [1.54, 1.807) is 11.3 Å². The summed E-state index contributed by atoms with van der Waals surface area (Å²) in [4.78, 5) is 1.13. The molecule has 0 aliphatic carbocycles. The van der Waals surface area contributed by atoms with Crippen molar-refractivity contribution in [2.75, 3.05) is 6.61 Å². The smallest absolute Gasteiger partial charge is 0.114 e. The molecule has 2 N–H and O–H groups in total. The van der Waals surface area contributed by atoms with Gasteiger partial charge in [-0.15, -0.1) is 11.3 Å². The molecule has 1 aromatic rings. The Labute approximate surface area is 89.5 Å². The lowest BCUT2D eigenvalue weighted by molar-refractivity contribution is 0.226. The molecule has 1 aliphatic heterocycles. The first-order valence-electron chi connectivity index (χ1n) is 4.10. The fraction of sp³-hybridized carbons (Fsp3) is 0.333. The zero-order chi connectivity index (χ0) is 9.26. The zero-order valence-electron chi connectivity index (χ0n) is 7.00. The zero-order valence-corrected chi connectivity index (χ0v) is 9.40. The van der Waals surface area contributed by atoms with Gasteiger partial charge in [-0.1, -0.05) is 0 Å². The largest absolute Gasteiger partial charge is 0.496 e. The topological polar surface area (TPSA) is 35.2 Å². The summed E-state index contributed by atoms with van der Waals surface area (Å²) in [7, 11) is 0. The molecule has 0 amide bonds. The molecule has 1 aromatic heterocycles. The third-order valence-electron chi connectivity index (χ3n) is 1.97. The minimum atomic E-state index is -0.100. The highest BCUT2D eigenvalue weighted by atomic mass is 79.9. The minimum absolute atomic E-state index is 0.100. The van der Waals surface area contributed by atoms with Crippen LogP contribution in [0, 0.1) is 0 Å². The fourth-order valence-electron chi connectivity index (χ4n) is 1.31.